The van der Waals surface area contributed by atoms with E-state index in [1.165, 1.54) is 22.5 Å². The van der Waals surface area contributed by atoms with Gasteiger partial charge in [-0.2, -0.15) is 0 Å². The van der Waals surface area contributed by atoms with Crippen LogP contribution in [0.5, 0.6) is 0 Å². The lowest BCUT2D eigenvalue weighted by molar-refractivity contribution is -0.385. The van der Waals surface area contributed by atoms with Crippen LogP contribution in [0.15, 0.2) is 83.8 Å². The molecule has 7 heteroatoms. The van der Waals surface area contributed by atoms with Gasteiger partial charge < -0.3 is 0 Å². The summed E-state index contributed by atoms with van der Waals surface area (Å²) in [5.41, 5.74) is 2.08. The number of hydrogen-bond acceptors (Lipinski definition) is 4. The van der Waals surface area contributed by atoms with Gasteiger partial charge >= 0.3 is 0 Å². The zero-order chi connectivity index (χ0) is 19.4. The fraction of sp³-hybridized carbons (Fsp3) is 0.100. The predicted octanol–water partition coefficient (Wildman–Crippen LogP) is 4.30. The lowest BCUT2D eigenvalue weighted by Gasteiger charge is -2.25. The van der Waals surface area contributed by atoms with Gasteiger partial charge in [0.15, 0.2) is 0 Å². The fourth-order valence-corrected chi connectivity index (χ4v) is 4.26. The topological polar surface area (TPSA) is 80.5 Å². The average Bonchev–Trinajstić information content (AvgIpc) is 2.67. The Kier molecular flexibility index (Phi) is 5.23. The van der Waals surface area contributed by atoms with Crippen molar-refractivity contribution in [3.05, 3.63) is 100 Å². The molecule has 0 saturated heterocycles. The molecule has 0 aromatic heterocycles. The third-order valence-corrected chi connectivity index (χ3v) is 5.84. The molecule has 0 aliphatic carbocycles. The number of sulfonamides is 1. The third-order valence-electron chi connectivity index (χ3n) is 4.07. The molecule has 0 saturated carbocycles. The highest BCUT2D eigenvalue weighted by Gasteiger charge is 2.26. The van der Waals surface area contributed by atoms with Crippen molar-refractivity contribution in [1.29, 1.82) is 0 Å². The molecule has 0 atom stereocenters. The molecular weight excluding hydrogens is 364 g/mol. The van der Waals surface area contributed by atoms with Crippen LogP contribution in [-0.4, -0.2) is 13.3 Å². The largest absolute Gasteiger partial charge is 0.270 e. The maximum Gasteiger partial charge on any atom is 0.270 e. The minimum absolute atomic E-state index is 0.117. The first-order valence-corrected chi connectivity index (χ1v) is 9.70. The number of para-hydroxylation sites is 1. The van der Waals surface area contributed by atoms with Crippen LogP contribution in [0.3, 0.4) is 0 Å². The van der Waals surface area contributed by atoms with Gasteiger partial charge in [0.25, 0.3) is 15.7 Å². The molecule has 0 bridgehead atoms. The molecule has 0 aliphatic heterocycles. The summed E-state index contributed by atoms with van der Waals surface area (Å²) >= 11 is 0. The number of aryl methyl sites for hydroxylation is 1. The first kappa shape index (κ1) is 18.6. The van der Waals surface area contributed by atoms with Gasteiger partial charge in [0.2, 0.25) is 0 Å². The second kappa shape index (κ2) is 7.59. The van der Waals surface area contributed by atoms with Crippen LogP contribution in [0.1, 0.15) is 11.1 Å². The van der Waals surface area contributed by atoms with Gasteiger partial charge in [-0.25, -0.2) is 8.42 Å². The van der Waals surface area contributed by atoms with E-state index in [9.17, 15) is 18.5 Å². The molecule has 0 radical (unpaired) electrons. The number of rotatable bonds is 6. The minimum atomic E-state index is -3.99. The number of anilines is 1. The van der Waals surface area contributed by atoms with Crippen LogP contribution in [0.4, 0.5) is 11.4 Å². The number of nitro benzene ring substituents is 1. The minimum Gasteiger partial charge on any atom is -0.262 e. The van der Waals surface area contributed by atoms with Crippen LogP contribution >= 0.6 is 0 Å². The first-order chi connectivity index (χ1) is 12.9. The standard InChI is InChI=1S/C20H18N2O4S/c1-16-7-5-8-17(13-16)15-21(18-9-3-2-4-10-18)27(25,26)20-12-6-11-19(14-20)22(23)24/h2-14H,15H2,1H3. The predicted molar refractivity (Wildman–Crippen MR) is 104 cm³/mol. The van der Waals surface area contributed by atoms with Crippen LogP contribution in [0.2, 0.25) is 0 Å². The van der Waals surface area contributed by atoms with Crippen LogP contribution in [0, 0.1) is 17.0 Å². The SMILES string of the molecule is Cc1cccc(CN(c2ccccc2)S(=O)(=O)c2cccc([N+](=O)[O-])c2)c1. The zero-order valence-electron chi connectivity index (χ0n) is 14.6. The second-order valence-electron chi connectivity index (χ2n) is 6.09. The Bertz CT molecular complexity index is 1070. The molecule has 0 amide bonds. The van der Waals surface area contributed by atoms with Crippen molar-refractivity contribution < 1.29 is 13.3 Å². The zero-order valence-corrected chi connectivity index (χ0v) is 15.5. The van der Waals surface area contributed by atoms with Gasteiger partial charge in [-0.05, 0) is 30.7 Å². The summed E-state index contributed by atoms with van der Waals surface area (Å²) in [6.07, 6.45) is 0. The Balaban J connectivity index is 2.09. The molecule has 3 rings (SSSR count). The van der Waals surface area contributed by atoms with E-state index in [4.69, 9.17) is 0 Å². The Morgan fingerprint density at radius 1 is 0.926 bits per heavy atom. The lowest BCUT2D eigenvalue weighted by atomic mass is 10.1. The Labute approximate surface area is 157 Å². The van der Waals surface area contributed by atoms with Crippen molar-refractivity contribution >= 4 is 21.4 Å². The number of nitro groups is 1. The molecule has 0 spiro atoms. The third kappa shape index (κ3) is 4.15. The van der Waals surface area contributed by atoms with Crippen LogP contribution in [-0.2, 0) is 16.6 Å². The average molecular weight is 382 g/mol. The van der Waals surface area contributed by atoms with E-state index in [0.29, 0.717) is 5.69 Å². The van der Waals surface area contributed by atoms with Crippen LogP contribution < -0.4 is 4.31 Å². The van der Waals surface area contributed by atoms with E-state index in [1.54, 1.807) is 30.3 Å². The molecule has 3 aromatic rings. The monoisotopic (exact) mass is 382 g/mol. The Hall–Kier alpha value is -3.19. The van der Waals surface area contributed by atoms with Crippen molar-refractivity contribution in [2.45, 2.75) is 18.4 Å². The number of non-ortho nitro benzene ring substituents is 1. The number of nitrogens with zero attached hydrogens (tertiary/aromatic N) is 2. The van der Waals surface area contributed by atoms with Crippen molar-refractivity contribution in [2.24, 2.45) is 0 Å². The molecule has 6 nitrogen and oxygen atoms in total. The van der Waals surface area contributed by atoms with E-state index < -0.39 is 14.9 Å². The van der Waals surface area contributed by atoms with Crippen molar-refractivity contribution in [3.63, 3.8) is 0 Å². The maximum atomic E-state index is 13.3. The Morgan fingerprint density at radius 3 is 2.30 bits per heavy atom. The van der Waals surface area contributed by atoms with Crippen LogP contribution in [0.25, 0.3) is 0 Å². The molecule has 0 aliphatic rings. The van der Waals surface area contributed by atoms with E-state index in [1.807, 2.05) is 31.2 Å². The smallest absolute Gasteiger partial charge is 0.262 e. The summed E-state index contributed by atoms with van der Waals surface area (Å²) < 4.78 is 27.9. The van der Waals surface area contributed by atoms with E-state index >= 15 is 0 Å². The quantitative estimate of drug-likeness (QED) is 0.470. The summed E-state index contributed by atoms with van der Waals surface area (Å²) in [5.74, 6) is 0. The van der Waals surface area contributed by atoms with Crippen molar-refractivity contribution in [2.75, 3.05) is 4.31 Å². The Morgan fingerprint density at radius 2 is 1.63 bits per heavy atom. The highest BCUT2D eigenvalue weighted by Crippen LogP contribution is 2.27. The second-order valence-corrected chi connectivity index (χ2v) is 7.95. The van der Waals surface area contributed by atoms with Gasteiger partial charge in [-0.15, -0.1) is 0 Å². The van der Waals surface area contributed by atoms with Gasteiger partial charge in [0.1, 0.15) is 0 Å². The summed E-state index contributed by atoms with van der Waals surface area (Å²) in [6, 6.07) is 21.4. The number of hydrogen-bond donors (Lipinski definition) is 0. The molecule has 27 heavy (non-hydrogen) atoms. The maximum absolute atomic E-state index is 13.3. The molecule has 0 N–H and O–H groups in total. The lowest BCUT2D eigenvalue weighted by Crippen LogP contribution is -2.30. The molecule has 138 valence electrons. The van der Waals surface area contributed by atoms with Crippen molar-refractivity contribution in [3.8, 4) is 0 Å². The fourth-order valence-electron chi connectivity index (χ4n) is 2.77. The summed E-state index contributed by atoms with van der Waals surface area (Å²) in [5, 5.41) is 11.0. The summed E-state index contributed by atoms with van der Waals surface area (Å²) in [7, 11) is -3.99. The molecule has 0 unspecified atom stereocenters. The summed E-state index contributed by atoms with van der Waals surface area (Å²) in [4.78, 5) is 10.3. The normalized spacial score (nSPS) is 11.1. The van der Waals surface area contributed by atoms with E-state index in [-0.39, 0.29) is 17.1 Å². The van der Waals surface area contributed by atoms with E-state index in [0.717, 1.165) is 17.2 Å². The van der Waals surface area contributed by atoms with E-state index in [2.05, 4.69) is 0 Å². The summed E-state index contributed by atoms with van der Waals surface area (Å²) in [6.45, 7) is 2.06. The van der Waals surface area contributed by atoms with Gasteiger partial charge in [0.05, 0.1) is 22.1 Å². The molecule has 0 heterocycles. The highest BCUT2D eigenvalue weighted by molar-refractivity contribution is 7.92. The molecule has 3 aromatic carbocycles. The first-order valence-electron chi connectivity index (χ1n) is 8.26. The molecule has 0 fully saturated rings. The highest BCUT2D eigenvalue weighted by atomic mass is 32.2. The van der Waals surface area contributed by atoms with Crippen molar-refractivity contribution in [1.82, 2.24) is 0 Å². The number of benzene rings is 3. The van der Waals surface area contributed by atoms with Gasteiger partial charge in [-0.3, -0.25) is 14.4 Å². The van der Waals surface area contributed by atoms with Gasteiger partial charge in [0, 0.05) is 12.1 Å². The molecular formula is C20H18N2O4S. The van der Waals surface area contributed by atoms with Gasteiger partial charge in [-0.1, -0.05) is 54.1 Å².